The Hall–Kier alpha value is -0.0800. The molecule has 0 saturated carbocycles. The summed E-state index contributed by atoms with van der Waals surface area (Å²) in [5, 5.41) is 3.37. The van der Waals surface area contributed by atoms with Crippen LogP contribution in [0.1, 0.15) is 19.8 Å². The van der Waals surface area contributed by atoms with Gasteiger partial charge in [0.05, 0.1) is 6.10 Å². The molecular formula is C8H17NO. The summed E-state index contributed by atoms with van der Waals surface area (Å²) in [4.78, 5) is 0. The summed E-state index contributed by atoms with van der Waals surface area (Å²) in [5.74, 6) is 0.820. The fourth-order valence-electron chi connectivity index (χ4n) is 1.37. The summed E-state index contributed by atoms with van der Waals surface area (Å²) < 4.78 is 5.26. The van der Waals surface area contributed by atoms with Crippen LogP contribution in [0, 0.1) is 5.92 Å². The van der Waals surface area contributed by atoms with Crippen LogP contribution in [-0.4, -0.2) is 26.3 Å². The molecule has 0 aromatic heterocycles. The lowest BCUT2D eigenvalue weighted by Gasteiger charge is -2.10. The van der Waals surface area contributed by atoms with Crippen LogP contribution in [0.5, 0.6) is 0 Å². The van der Waals surface area contributed by atoms with E-state index in [9.17, 15) is 0 Å². The number of ether oxygens (including phenoxy) is 1. The third kappa shape index (κ3) is 2.27. The van der Waals surface area contributed by atoms with Crippen molar-refractivity contribution in [2.24, 2.45) is 5.92 Å². The molecule has 0 amide bonds. The second-order valence-corrected chi connectivity index (χ2v) is 3.20. The van der Waals surface area contributed by atoms with Crippen LogP contribution in [0.25, 0.3) is 0 Å². The van der Waals surface area contributed by atoms with Crippen molar-refractivity contribution >= 4 is 0 Å². The molecule has 0 aromatic carbocycles. The monoisotopic (exact) mass is 143 g/mol. The number of methoxy groups -OCH3 is 1. The number of rotatable bonds is 1. The molecule has 0 aromatic rings. The van der Waals surface area contributed by atoms with Gasteiger partial charge in [0, 0.05) is 13.7 Å². The first-order valence-electron chi connectivity index (χ1n) is 4.06. The smallest absolute Gasteiger partial charge is 0.0695 e. The molecule has 1 N–H and O–H groups in total. The Morgan fingerprint density at radius 3 is 2.80 bits per heavy atom. The molecule has 2 atom stereocenters. The van der Waals surface area contributed by atoms with E-state index in [2.05, 4.69) is 12.2 Å². The van der Waals surface area contributed by atoms with E-state index >= 15 is 0 Å². The van der Waals surface area contributed by atoms with Crippen LogP contribution in [0.2, 0.25) is 0 Å². The van der Waals surface area contributed by atoms with E-state index in [1.54, 1.807) is 7.11 Å². The van der Waals surface area contributed by atoms with Gasteiger partial charge in [-0.2, -0.15) is 0 Å². The van der Waals surface area contributed by atoms with Crippen LogP contribution < -0.4 is 5.32 Å². The molecule has 1 fully saturated rings. The average molecular weight is 143 g/mol. The molecule has 0 bridgehead atoms. The number of hydrogen-bond donors (Lipinski definition) is 1. The Bertz CT molecular complexity index is 95.3. The van der Waals surface area contributed by atoms with E-state index in [1.807, 2.05) is 0 Å². The van der Waals surface area contributed by atoms with E-state index in [4.69, 9.17) is 4.74 Å². The largest absolute Gasteiger partial charge is 0.380 e. The van der Waals surface area contributed by atoms with Crippen molar-refractivity contribution in [2.75, 3.05) is 20.2 Å². The van der Waals surface area contributed by atoms with E-state index < -0.39 is 0 Å². The molecule has 1 aliphatic heterocycles. The number of nitrogens with one attached hydrogen (secondary N) is 1. The molecular weight excluding hydrogens is 126 g/mol. The second kappa shape index (κ2) is 3.94. The minimum Gasteiger partial charge on any atom is -0.380 e. The van der Waals surface area contributed by atoms with Gasteiger partial charge in [-0.25, -0.2) is 0 Å². The van der Waals surface area contributed by atoms with Crippen LogP contribution in [0.15, 0.2) is 0 Å². The van der Waals surface area contributed by atoms with Crippen LogP contribution >= 0.6 is 0 Å². The Labute approximate surface area is 63.0 Å². The molecule has 60 valence electrons. The summed E-state index contributed by atoms with van der Waals surface area (Å²) in [6.07, 6.45) is 2.96. The average Bonchev–Trinajstić information content (AvgIpc) is 2.14. The molecule has 0 radical (unpaired) electrons. The fraction of sp³-hybridized carbons (Fsp3) is 1.00. The summed E-state index contributed by atoms with van der Waals surface area (Å²) >= 11 is 0. The van der Waals surface area contributed by atoms with Crippen molar-refractivity contribution in [3.63, 3.8) is 0 Å². The zero-order chi connectivity index (χ0) is 7.40. The van der Waals surface area contributed by atoms with Crippen LogP contribution in [-0.2, 0) is 4.74 Å². The normalized spacial score (nSPS) is 35.4. The minimum atomic E-state index is 0.449. The molecule has 1 saturated heterocycles. The molecule has 1 heterocycles. The molecule has 2 heteroatoms. The minimum absolute atomic E-state index is 0.449. The second-order valence-electron chi connectivity index (χ2n) is 3.20. The molecule has 10 heavy (non-hydrogen) atoms. The zero-order valence-corrected chi connectivity index (χ0v) is 6.89. The lowest BCUT2D eigenvalue weighted by molar-refractivity contribution is 0.0981. The highest BCUT2D eigenvalue weighted by Crippen LogP contribution is 2.11. The van der Waals surface area contributed by atoms with Crippen molar-refractivity contribution in [1.82, 2.24) is 5.32 Å². The van der Waals surface area contributed by atoms with Gasteiger partial charge >= 0.3 is 0 Å². The highest BCUT2D eigenvalue weighted by molar-refractivity contribution is 4.70. The Kier molecular flexibility index (Phi) is 3.16. The van der Waals surface area contributed by atoms with Gasteiger partial charge in [-0.3, -0.25) is 0 Å². The predicted molar refractivity (Wildman–Crippen MR) is 42.1 cm³/mol. The maximum absolute atomic E-state index is 5.26. The SMILES string of the molecule is COC1CCC(C)CNC1. The summed E-state index contributed by atoms with van der Waals surface area (Å²) in [6, 6.07) is 0. The fourth-order valence-corrected chi connectivity index (χ4v) is 1.37. The molecule has 2 unspecified atom stereocenters. The highest BCUT2D eigenvalue weighted by atomic mass is 16.5. The lowest BCUT2D eigenvalue weighted by Crippen LogP contribution is -2.26. The van der Waals surface area contributed by atoms with E-state index in [-0.39, 0.29) is 0 Å². The third-order valence-corrected chi connectivity index (χ3v) is 2.18. The highest BCUT2D eigenvalue weighted by Gasteiger charge is 2.13. The predicted octanol–water partition coefficient (Wildman–Crippen LogP) is 1.02. The first-order valence-corrected chi connectivity index (χ1v) is 4.06. The maximum Gasteiger partial charge on any atom is 0.0695 e. The molecule has 2 nitrogen and oxygen atoms in total. The van der Waals surface area contributed by atoms with E-state index in [1.165, 1.54) is 12.8 Å². The summed E-state index contributed by atoms with van der Waals surface area (Å²) in [5.41, 5.74) is 0. The van der Waals surface area contributed by atoms with Gasteiger partial charge in [-0.1, -0.05) is 6.92 Å². The molecule has 0 aliphatic carbocycles. The molecule has 1 rings (SSSR count). The molecule has 1 aliphatic rings. The summed E-state index contributed by atoms with van der Waals surface area (Å²) in [7, 11) is 1.79. The first-order chi connectivity index (χ1) is 4.83. The van der Waals surface area contributed by atoms with Crippen molar-refractivity contribution in [1.29, 1.82) is 0 Å². The Morgan fingerprint density at radius 1 is 1.30 bits per heavy atom. The van der Waals surface area contributed by atoms with Crippen molar-refractivity contribution in [2.45, 2.75) is 25.9 Å². The third-order valence-electron chi connectivity index (χ3n) is 2.18. The zero-order valence-electron chi connectivity index (χ0n) is 6.89. The van der Waals surface area contributed by atoms with Gasteiger partial charge in [0.1, 0.15) is 0 Å². The van der Waals surface area contributed by atoms with Crippen LogP contribution in [0.3, 0.4) is 0 Å². The standard InChI is InChI=1S/C8H17NO/c1-7-3-4-8(10-2)6-9-5-7/h7-9H,3-6H2,1-2H3. The van der Waals surface area contributed by atoms with Gasteiger partial charge in [0.25, 0.3) is 0 Å². The molecule has 0 spiro atoms. The Balaban J connectivity index is 2.26. The van der Waals surface area contributed by atoms with Crippen molar-refractivity contribution < 1.29 is 4.74 Å². The first kappa shape index (κ1) is 8.02. The van der Waals surface area contributed by atoms with Gasteiger partial charge in [-0.05, 0) is 25.3 Å². The van der Waals surface area contributed by atoms with E-state index in [0.29, 0.717) is 6.10 Å². The lowest BCUT2D eigenvalue weighted by atomic mass is 10.1. The van der Waals surface area contributed by atoms with Gasteiger partial charge < -0.3 is 10.1 Å². The quantitative estimate of drug-likeness (QED) is 0.591. The van der Waals surface area contributed by atoms with Gasteiger partial charge in [0.15, 0.2) is 0 Å². The van der Waals surface area contributed by atoms with E-state index in [0.717, 1.165) is 19.0 Å². The summed E-state index contributed by atoms with van der Waals surface area (Å²) in [6.45, 7) is 4.46. The topological polar surface area (TPSA) is 21.3 Å². The van der Waals surface area contributed by atoms with Gasteiger partial charge in [0.2, 0.25) is 0 Å². The maximum atomic E-state index is 5.26. The van der Waals surface area contributed by atoms with Gasteiger partial charge in [-0.15, -0.1) is 0 Å². The van der Waals surface area contributed by atoms with Crippen LogP contribution in [0.4, 0.5) is 0 Å². The van der Waals surface area contributed by atoms with Crippen molar-refractivity contribution in [3.8, 4) is 0 Å². The van der Waals surface area contributed by atoms with Crippen molar-refractivity contribution in [3.05, 3.63) is 0 Å². The number of hydrogen-bond acceptors (Lipinski definition) is 2. The Morgan fingerprint density at radius 2 is 2.10 bits per heavy atom.